The number of pyridine rings is 1. The van der Waals surface area contributed by atoms with Gasteiger partial charge in [0.2, 0.25) is 0 Å². The minimum Gasteiger partial charge on any atom is -0.494 e. The minimum atomic E-state index is -2.98. The number of carbonyl (C=O) groups excluding carboxylic acids is 1. The zero-order valence-electron chi connectivity index (χ0n) is 15.4. The molecule has 1 aliphatic heterocycles. The van der Waals surface area contributed by atoms with E-state index in [1.54, 1.807) is 36.5 Å². The number of nitrogens with zero attached hydrogens (tertiary/aromatic N) is 2. The number of nitrogens with one attached hydrogen (secondary N) is 1. The first-order valence-corrected chi connectivity index (χ1v) is 10.6. The van der Waals surface area contributed by atoms with E-state index in [1.807, 2.05) is 18.9 Å². The van der Waals surface area contributed by atoms with Crippen molar-refractivity contribution in [2.24, 2.45) is 0 Å². The Hall–Kier alpha value is -2.61. The van der Waals surface area contributed by atoms with Crippen molar-refractivity contribution in [1.29, 1.82) is 0 Å². The first-order valence-electron chi connectivity index (χ1n) is 8.80. The Labute approximate surface area is 159 Å². The first kappa shape index (κ1) is 19.2. The van der Waals surface area contributed by atoms with Gasteiger partial charge in [-0.1, -0.05) is 0 Å². The van der Waals surface area contributed by atoms with Crippen LogP contribution in [0.1, 0.15) is 23.7 Å². The average molecular weight is 389 g/mol. The van der Waals surface area contributed by atoms with Crippen LogP contribution in [0.15, 0.2) is 42.7 Å². The van der Waals surface area contributed by atoms with Gasteiger partial charge in [-0.2, -0.15) is 0 Å². The molecule has 0 saturated carbocycles. The fourth-order valence-corrected chi connectivity index (χ4v) is 4.82. The summed E-state index contributed by atoms with van der Waals surface area (Å²) in [6.45, 7) is 2.49. The number of carbonyl (C=O) groups is 1. The largest absolute Gasteiger partial charge is 0.494 e. The van der Waals surface area contributed by atoms with E-state index in [1.165, 1.54) is 6.20 Å². The smallest absolute Gasteiger partial charge is 0.257 e. The highest BCUT2D eigenvalue weighted by atomic mass is 32.2. The van der Waals surface area contributed by atoms with Gasteiger partial charge in [-0.05, 0) is 43.7 Å². The average Bonchev–Trinajstić information content (AvgIpc) is 3.03. The SMILES string of the molecule is CCOc1ccc(NC(=O)c2cncc(N(C)C3CCS(=O)(=O)C3)c2)cc1. The summed E-state index contributed by atoms with van der Waals surface area (Å²) in [6.07, 6.45) is 3.71. The highest BCUT2D eigenvalue weighted by molar-refractivity contribution is 7.91. The van der Waals surface area contributed by atoms with Crippen LogP contribution in [-0.4, -0.2) is 50.5 Å². The van der Waals surface area contributed by atoms with E-state index in [-0.39, 0.29) is 23.5 Å². The summed E-state index contributed by atoms with van der Waals surface area (Å²) in [4.78, 5) is 18.5. The third-order valence-electron chi connectivity index (χ3n) is 4.57. The van der Waals surface area contributed by atoms with Gasteiger partial charge in [-0.25, -0.2) is 8.42 Å². The number of sulfone groups is 1. The number of anilines is 2. The Bertz CT molecular complexity index is 913. The number of aromatic nitrogens is 1. The standard InChI is InChI=1S/C19H23N3O4S/c1-3-26-18-6-4-15(5-7-18)21-19(23)14-10-17(12-20-11-14)22(2)16-8-9-27(24,25)13-16/h4-7,10-12,16H,3,8-9,13H2,1-2H3,(H,21,23). The van der Waals surface area contributed by atoms with Crippen molar-refractivity contribution in [3.63, 3.8) is 0 Å². The van der Waals surface area contributed by atoms with Crippen molar-refractivity contribution in [3.05, 3.63) is 48.3 Å². The Balaban J connectivity index is 1.70. The van der Waals surface area contributed by atoms with Gasteiger partial charge in [-0.3, -0.25) is 9.78 Å². The van der Waals surface area contributed by atoms with Crippen LogP contribution in [0.25, 0.3) is 0 Å². The van der Waals surface area contributed by atoms with Gasteiger partial charge >= 0.3 is 0 Å². The summed E-state index contributed by atoms with van der Waals surface area (Å²) in [7, 11) is -1.14. The summed E-state index contributed by atoms with van der Waals surface area (Å²) < 4.78 is 28.8. The van der Waals surface area contributed by atoms with Gasteiger partial charge in [-0.15, -0.1) is 0 Å². The molecule has 1 unspecified atom stereocenters. The predicted molar refractivity (Wildman–Crippen MR) is 105 cm³/mol. The molecule has 1 saturated heterocycles. The van der Waals surface area contributed by atoms with Crippen molar-refractivity contribution in [1.82, 2.24) is 4.98 Å². The molecule has 1 fully saturated rings. The predicted octanol–water partition coefficient (Wildman–Crippen LogP) is 2.36. The van der Waals surface area contributed by atoms with E-state index < -0.39 is 9.84 Å². The summed E-state index contributed by atoms with van der Waals surface area (Å²) in [5.74, 6) is 0.799. The van der Waals surface area contributed by atoms with Crippen LogP contribution in [0, 0.1) is 0 Å². The molecule has 2 heterocycles. The van der Waals surface area contributed by atoms with E-state index >= 15 is 0 Å². The van der Waals surface area contributed by atoms with Crippen LogP contribution in [0.3, 0.4) is 0 Å². The molecule has 1 amide bonds. The summed E-state index contributed by atoms with van der Waals surface area (Å²) in [5.41, 5.74) is 1.79. The molecule has 1 N–H and O–H groups in total. The highest BCUT2D eigenvalue weighted by Crippen LogP contribution is 2.23. The Morgan fingerprint density at radius 1 is 1.30 bits per heavy atom. The van der Waals surface area contributed by atoms with Crippen molar-refractivity contribution < 1.29 is 17.9 Å². The number of ether oxygens (including phenoxy) is 1. The lowest BCUT2D eigenvalue weighted by Gasteiger charge is -2.25. The van der Waals surface area contributed by atoms with Crippen molar-refractivity contribution >= 4 is 27.1 Å². The van der Waals surface area contributed by atoms with Crippen LogP contribution >= 0.6 is 0 Å². The maximum atomic E-state index is 12.5. The molecule has 27 heavy (non-hydrogen) atoms. The zero-order chi connectivity index (χ0) is 19.4. The first-order chi connectivity index (χ1) is 12.9. The Morgan fingerprint density at radius 3 is 2.67 bits per heavy atom. The summed E-state index contributed by atoms with van der Waals surface area (Å²) in [6, 6.07) is 8.76. The Morgan fingerprint density at radius 2 is 2.04 bits per heavy atom. The monoisotopic (exact) mass is 389 g/mol. The molecule has 1 aliphatic rings. The van der Waals surface area contributed by atoms with Gasteiger partial charge in [0.05, 0.1) is 35.6 Å². The number of hydrogen-bond acceptors (Lipinski definition) is 6. The molecule has 0 bridgehead atoms. The third kappa shape index (κ3) is 4.77. The number of hydrogen-bond donors (Lipinski definition) is 1. The van der Waals surface area contributed by atoms with Gasteiger partial charge in [0.25, 0.3) is 5.91 Å². The minimum absolute atomic E-state index is 0.0961. The zero-order valence-corrected chi connectivity index (χ0v) is 16.2. The van der Waals surface area contributed by atoms with E-state index in [0.717, 1.165) is 11.4 Å². The van der Waals surface area contributed by atoms with Gasteiger partial charge in [0.1, 0.15) is 5.75 Å². The van der Waals surface area contributed by atoms with E-state index in [0.29, 0.717) is 24.3 Å². The lowest BCUT2D eigenvalue weighted by molar-refractivity contribution is 0.102. The maximum Gasteiger partial charge on any atom is 0.257 e. The molecule has 1 aromatic carbocycles. The molecule has 2 aromatic rings. The quantitative estimate of drug-likeness (QED) is 0.816. The fourth-order valence-electron chi connectivity index (χ4n) is 3.04. The van der Waals surface area contributed by atoms with E-state index in [9.17, 15) is 13.2 Å². The second-order valence-corrected chi connectivity index (χ2v) is 8.74. The topological polar surface area (TPSA) is 88.6 Å². The normalized spacial score (nSPS) is 18.1. The molecule has 0 aliphatic carbocycles. The summed E-state index contributed by atoms with van der Waals surface area (Å²) in [5, 5.41) is 2.83. The van der Waals surface area contributed by atoms with Crippen molar-refractivity contribution in [3.8, 4) is 5.75 Å². The second kappa shape index (κ2) is 7.96. The second-order valence-electron chi connectivity index (χ2n) is 6.51. The number of rotatable bonds is 6. The van der Waals surface area contributed by atoms with Gasteiger partial charge in [0, 0.05) is 25.0 Å². The molecule has 1 atom stereocenters. The molecular formula is C19H23N3O4S. The molecule has 0 radical (unpaired) electrons. The van der Waals surface area contributed by atoms with E-state index in [2.05, 4.69) is 10.3 Å². The molecule has 0 spiro atoms. The molecule has 144 valence electrons. The maximum absolute atomic E-state index is 12.5. The van der Waals surface area contributed by atoms with Crippen molar-refractivity contribution in [2.45, 2.75) is 19.4 Å². The van der Waals surface area contributed by atoms with Crippen LogP contribution in [0.2, 0.25) is 0 Å². The molecule has 3 rings (SSSR count). The van der Waals surface area contributed by atoms with Crippen LogP contribution < -0.4 is 15.0 Å². The number of amides is 1. The highest BCUT2D eigenvalue weighted by Gasteiger charge is 2.31. The van der Waals surface area contributed by atoms with Crippen LogP contribution in [-0.2, 0) is 9.84 Å². The van der Waals surface area contributed by atoms with Gasteiger partial charge < -0.3 is 15.0 Å². The molecular weight excluding hydrogens is 366 g/mol. The lowest BCUT2D eigenvalue weighted by atomic mass is 10.2. The lowest BCUT2D eigenvalue weighted by Crippen LogP contribution is -2.32. The third-order valence-corrected chi connectivity index (χ3v) is 6.32. The van der Waals surface area contributed by atoms with Crippen LogP contribution in [0.5, 0.6) is 5.75 Å². The molecule has 7 nitrogen and oxygen atoms in total. The van der Waals surface area contributed by atoms with Crippen molar-refractivity contribution in [2.75, 3.05) is 35.4 Å². The van der Waals surface area contributed by atoms with E-state index in [4.69, 9.17) is 4.74 Å². The fraction of sp³-hybridized carbons (Fsp3) is 0.368. The summed E-state index contributed by atoms with van der Waals surface area (Å²) >= 11 is 0. The number of benzene rings is 1. The molecule has 1 aromatic heterocycles. The molecule has 8 heteroatoms. The van der Waals surface area contributed by atoms with Crippen LogP contribution in [0.4, 0.5) is 11.4 Å². The van der Waals surface area contributed by atoms with Gasteiger partial charge in [0.15, 0.2) is 9.84 Å². The Kier molecular flexibility index (Phi) is 5.65.